The molecule has 0 unspecified atom stereocenters. The number of pyridine rings is 1. The number of methoxy groups -OCH3 is 1. The highest BCUT2D eigenvalue weighted by molar-refractivity contribution is 7.19. The predicted octanol–water partition coefficient (Wildman–Crippen LogP) is 1.10. The molecule has 0 aromatic carbocycles. The lowest BCUT2D eigenvalue weighted by Gasteiger charge is -1.95. The van der Waals surface area contributed by atoms with Gasteiger partial charge in [-0.05, 0) is 6.07 Å². The first kappa shape index (κ1) is 11.1. The second-order valence-corrected chi connectivity index (χ2v) is 4.54. The maximum Gasteiger partial charge on any atom is 0.235 e. The van der Waals surface area contributed by atoms with Gasteiger partial charge < -0.3 is 9.84 Å². The Balaban J connectivity index is 2.08. The lowest BCUT2D eigenvalue weighted by atomic mass is 10.3. The van der Waals surface area contributed by atoms with Crippen molar-refractivity contribution in [3.8, 4) is 16.3 Å². The van der Waals surface area contributed by atoms with Gasteiger partial charge in [-0.3, -0.25) is 4.98 Å². The first-order valence-electron chi connectivity index (χ1n) is 5.12. The molecule has 1 N–H and O–H groups in total. The predicted molar refractivity (Wildman–Crippen MR) is 64.3 cm³/mol. The van der Waals surface area contributed by atoms with Crippen molar-refractivity contribution in [3.63, 3.8) is 0 Å². The third kappa shape index (κ3) is 1.81. The molecule has 0 fully saturated rings. The molecule has 0 bridgehead atoms. The van der Waals surface area contributed by atoms with Crippen LogP contribution in [0.25, 0.3) is 15.5 Å². The zero-order chi connectivity index (χ0) is 12.5. The Hall–Kier alpha value is -2.06. The number of fused-ring (bicyclic) bond motifs is 1. The Morgan fingerprint density at radius 3 is 3.06 bits per heavy atom. The highest BCUT2D eigenvalue weighted by atomic mass is 32.1. The Bertz CT molecular complexity index is 692. The maximum atomic E-state index is 9.40. The second-order valence-electron chi connectivity index (χ2n) is 3.58. The molecule has 0 saturated carbocycles. The van der Waals surface area contributed by atoms with Gasteiger partial charge in [0.1, 0.15) is 17.4 Å². The van der Waals surface area contributed by atoms with Crippen molar-refractivity contribution in [2.24, 2.45) is 0 Å². The molecule has 7 nitrogen and oxygen atoms in total. The molecule has 3 heterocycles. The van der Waals surface area contributed by atoms with Crippen LogP contribution < -0.4 is 0 Å². The van der Waals surface area contributed by atoms with Crippen molar-refractivity contribution >= 4 is 16.3 Å². The van der Waals surface area contributed by atoms with Gasteiger partial charge in [0.05, 0.1) is 6.20 Å². The molecule has 0 aliphatic rings. The average molecular weight is 263 g/mol. The van der Waals surface area contributed by atoms with E-state index in [2.05, 4.69) is 20.3 Å². The third-order valence-electron chi connectivity index (χ3n) is 2.30. The molecule has 3 aromatic rings. The Kier molecular flexibility index (Phi) is 2.65. The van der Waals surface area contributed by atoms with Gasteiger partial charge in [-0.2, -0.15) is 9.61 Å². The summed E-state index contributed by atoms with van der Waals surface area (Å²) in [7, 11) is 1.59. The van der Waals surface area contributed by atoms with E-state index in [0.717, 1.165) is 10.6 Å². The summed E-state index contributed by atoms with van der Waals surface area (Å²) in [4.78, 5) is 4.60. The quantitative estimate of drug-likeness (QED) is 0.761. The van der Waals surface area contributed by atoms with Crippen LogP contribution in [0, 0.1) is 0 Å². The summed E-state index contributed by atoms with van der Waals surface area (Å²) < 4.78 is 6.65. The smallest absolute Gasteiger partial charge is 0.235 e. The monoisotopic (exact) mass is 263 g/mol. The van der Waals surface area contributed by atoms with E-state index in [1.807, 2.05) is 0 Å². The topological polar surface area (TPSA) is 85.4 Å². The maximum absolute atomic E-state index is 9.40. The minimum Gasteiger partial charge on any atom is -0.506 e. The van der Waals surface area contributed by atoms with Crippen molar-refractivity contribution in [3.05, 3.63) is 24.3 Å². The highest BCUT2D eigenvalue weighted by Gasteiger charge is 2.13. The van der Waals surface area contributed by atoms with Gasteiger partial charge in [0.15, 0.2) is 5.82 Å². The average Bonchev–Trinajstić information content (AvgIpc) is 2.92. The SMILES string of the molecule is COCc1nnc2sc(-c3cncc(O)c3)nn12. The largest absolute Gasteiger partial charge is 0.506 e. The molecule has 3 rings (SSSR count). The fourth-order valence-corrected chi connectivity index (χ4v) is 2.38. The van der Waals surface area contributed by atoms with Crippen molar-refractivity contribution in [1.82, 2.24) is 24.8 Å². The van der Waals surface area contributed by atoms with Crippen LogP contribution in [-0.2, 0) is 11.3 Å². The standard InChI is InChI=1S/C10H9N5O2S/c1-17-5-8-12-13-10-15(8)14-9(18-10)6-2-7(16)4-11-3-6/h2-4,16H,5H2,1H3. The number of ether oxygens (including phenoxy) is 1. The first-order valence-corrected chi connectivity index (χ1v) is 5.94. The second kappa shape index (κ2) is 4.31. The van der Waals surface area contributed by atoms with Crippen molar-refractivity contribution in [2.45, 2.75) is 6.61 Å². The van der Waals surface area contributed by atoms with Crippen LogP contribution in [0.15, 0.2) is 18.5 Å². The lowest BCUT2D eigenvalue weighted by molar-refractivity contribution is 0.176. The van der Waals surface area contributed by atoms with E-state index in [0.29, 0.717) is 17.4 Å². The number of aromatic nitrogens is 5. The molecule has 0 amide bonds. The minimum atomic E-state index is 0.107. The van der Waals surface area contributed by atoms with Gasteiger partial charge in [0, 0.05) is 18.9 Å². The number of rotatable bonds is 3. The molecular weight excluding hydrogens is 254 g/mol. The Morgan fingerprint density at radius 1 is 1.39 bits per heavy atom. The van der Waals surface area contributed by atoms with Crippen LogP contribution in [0.2, 0.25) is 0 Å². The highest BCUT2D eigenvalue weighted by Crippen LogP contribution is 2.26. The zero-order valence-electron chi connectivity index (χ0n) is 9.44. The van der Waals surface area contributed by atoms with Crippen molar-refractivity contribution in [1.29, 1.82) is 0 Å². The van der Waals surface area contributed by atoms with Crippen molar-refractivity contribution in [2.75, 3.05) is 7.11 Å². The van der Waals surface area contributed by atoms with E-state index in [9.17, 15) is 5.11 Å². The zero-order valence-corrected chi connectivity index (χ0v) is 10.3. The molecule has 0 atom stereocenters. The van der Waals surface area contributed by atoms with Gasteiger partial charge in [0.2, 0.25) is 4.96 Å². The van der Waals surface area contributed by atoms with Gasteiger partial charge in [-0.15, -0.1) is 10.2 Å². The molecule has 0 saturated heterocycles. The molecule has 8 heteroatoms. The summed E-state index contributed by atoms with van der Waals surface area (Å²) in [6.45, 7) is 0.350. The number of aromatic hydroxyl groups is 1. The number of hydrogen-bond acceptors (Lipinski definition) is 7. The Labute approximate surface area is 106 Å². The fourth-order valence-electron chi connectivity index (χ4n) is 1.54. The number of hydrogen-bond donors (Lipinski definition) is 1. The van der Waals surface area contributed by atoms with E-state index < -0.39 is 0 Å². The molecule has 92 valence electrons. The molecule has 0 aliphatic carbocycles. The molecular formula is C10H9N5O2S. The van der Waals surface area contributed by atoms with E-state index in [1.165, 1.54) is 17.5 Å². The molecule has 0 aliphatic heterocycles. The van der Waals surface area contributed by atoms with Gasteiger partial charge in [0.25, 0.3) is 0 Å². The van der Waals surface area contributed by atoms with Crippen LogP contribution in [0.5, 0.6) is 5.75 Å². The summed E-state index contributed by atoms with van der Waals surface area (Å²) in [6, 6.07) is 1.61. The van der Waals surface area contributed by atoms with Crippen LogP contribution >= 0.6 is 11.3 Å². The summed E-state index contributed by atoms with van der Waals surface area (Å²) in [5.41, 5.74) is 0.744. The van der Waals surface area contributed by atoms with E-state index >= 15 is 0 Å². The van der Waals surface area contributed by atoms with Crippen LogP contribution in [0.3, 0.4) is 0 Å². The van der Waals surface area contributed by atoms with Crippen LogP contribution in [0.1, 0.15) is 5.82 Å². The van der Waals surface area contributed by atoms with Crippen molar-refractivity contribution < 1.29 is 9.84 Å². The molecule has 0 spiro atoms. The summed E-state index contributed by atoms with van der Waals surface area (Å²) in [5, 5.41) is 22.5. The summed E-state index contributed by atoms with van der Waals surface area (Å²) in [5.74, 6) is 0.749. The van der Waals surface area contributed by atoms with Gasteiger partial charge in [-0.25, -0.2) is 0 Å². The van der Waals surface area contributed by atoms with Crippen LogP contribution in [0.4, 0.5) is 0 Å². The summed E-state index contributed by atoms with van der Waals surface area (Å²) in [6.07, 6.45) is 3.02. The third-order valence-corrected chi connectivity index (χ3v) is 3.25. The molecule has 18 heavy (non-hydrogen) atoms. The first-order chi connectivity index (χ1) is 8.78. The van der Waals surface area contributed by atoms with Crippen LogP contribution in [-0.4, -0.2) is 37.0 Å². The minimum absolute atomic E-state index is 0.107. The fraction of sp³-hybridized carbons (Fsp3) is 0.200. The lowest BCUT2D eigenvalue weighted by Crippen LogP contribution is -1.97. The van der Waals surface area contributed by atoms with Gasteiger partial charge in [-0.1, -0.05) is 11.3 Å². The van der Waals surface area contributed by atoms with E-state index in [1.54, 1.807) is 23.9 Å². The Morgan fingerprint density at radius 2 is 2.28 bits per heavy atom. The normalized spacial score (nSPS) is 11.2. The molecule has 0 radical (unpaired) electrons. The van der Waals surface area contributed by atoms with E-state index in [-0.39, 0.29) is 5.75 Å². The summed E-state index contributed by atoms with van der Waals surface area (Å²) >= 11 is 1.38. The number of nitrogens with zero attached hydrogens (tertiary/aromatic N) is 5. The molecule has 3 aromatic heterocycles. The van der Waals surface area contributed by atoms with E-state index in [4.69, 9.17) is 4.74 Å². The van der Waals surface area contributed by atoms with Gasteiger partial charge >= 0.3 is 0 Å².